The number of carbonyl (C=O) groups is 1. The zero-order valence-electron chi connectivity index (χ0n) is 13.6. The van der Waals surface area contributed by atoms with Gasteiger partial charge < -0.3 is 10.6 Å². The van der Waals surface area contributed by atoms with Crippen molar-refractivity contribution in [2.45, 2.75) is 6.92 Å². The summed E-state index contributed by atoms with van der Waals surface area (Å²) in [7, 11) is 0. The molecule has 1 heterocycles. The highest BCUT2D eigenvalue weighted by molar-refractivity contribution is 6.03. The smallest absolute Gasteiger partial charge is 0.274 e. The van der Waals surface area contributed by atoms with E-state index in [0.29, 0.717) is 5.69 Å². The van der Waals surface area contributed by atoms with E-state index >= 15 is 0 Å². The first-order valence-corrected chi connectivity index (χ1v) is 7.56. The second-order valence-electron chi connectivity index (χ2n) is 5.41. The summed E-state index contributed by atoms with van der Waals surface area (Å²) >= 11 is 0. The summed E-state index contributed by atoms with van der Waals surface area (Å²) in [6.07, 6.45) is 0. The lowest BCUT2D eigenvalue weighted by Crippen LogP contribution is -2.16. The number of carbonyl (C=O) groups excluding carboxylic acids is 1. The van der Waals surface area contributed by atoms with Crippen molar-refractivity contribution in [3.8, 4) is 0 Å². The molecule has 3 aromatic rings. The predicted octanol–water partition coefficient (Wildman–Crippen LogP) is 4.20. The van der Waals surface area contributed by atoms with E-state index in [1.807, 2.05) is 0 Å². The molecular weight excluding hydrogens is 345 g/mol. The van der Waals surface area contributed by atoms with Crippen LogP contribution < -0.4 is 10.6 Å². The monoisotopic (exact) mass is 358 g/mol. The van der Waals surface area contributed by atoms with Crippen molar-refractivity contribution in [3.05, 3.63) is 77.4 Å². The number of para-hydroxylation sites is 1. The van der Waals surface area contributed by atoms with Gasteiger partial charge in [0.2, 0.25) is 5.95 Å². The number of aryl methyl sites for hydroxylation is 1. The largest absolute Gasteiger partial charge is 0.324 e. The van der Waals surface area contributed by atoms with Crippen LogP contribution in [-0.4, -0.2) is 15.9 Å². The molecule has 0 unspecified atom stereocenters. The zero-order valence-corrected chi connectivity index (χ0v) is 13.6. The van der Waals surface area contributed by atoms with Crippen LogP contribution >= 0.6 is 0 Å². The molecule has 2 N–H and O–H groups in total. The number of rotatable bonds is 4. The number of hydrogen-bond donors (Lipinski definition) is 2. The minimum absolute atomic E-state index is 0.00848. The number of amides is 1. The highest BCUT2D eigenvalue weighted by Crippen LogP contribution is 2.18. The van der Waals surface area contributed by atoms with E-state index in [9.17, 15) is 18.0 Å². The summed E-state index contributed by atoms with van der Waals surface area (Å²) in [4.78, 5) is 20.4. The molecule has 1 aromatic heterocycles. The van der Waals surface area contributed by atoms with Gasteiger partial charge in [-0.2, -0.15) is 0 Å². The Labute approximate surface area is 146 Å². The van der Waals surface area contributed by atoms with Gasteiger partial charge in [0.15, 0.2) is 11.6 Å². The van der Waals surface area contributed by atoms with E-state index in [1.54, 1.807) is 13.0 Å². The van der Waals surface area contributed by atoms with Crippen LogP contribution in [0.25, 0.3) is 0 Å². The molecule has 0 radical (unpaired) electrons. The van der Waals surface area contributed by atoms with Gasteiger partial charge in [0, 0.05) is 17.4 Å². The highest BCUT2D eigenvalue weighted by atomic mass is 19.2. The lowest BCUT2D eigenvalue weighted by atomic mass is 10.2. The van der Waals surface area contributed by atoms with Crippen LogP contribution in [0.2, 0.25) is 0 Å². The standard InChI is InChI=1S/C18H13F3N4O/c1-10-8-16(17(26)24-15-5-3-2-4-13(15)20)25-18(22-10)23-11-6-7-12(19)14(21)9-11/h2-9H,1H3,(H,24,26)(H,22,23,25). The van der Waals surface area contributed by atoms with Gasteiger partial charge >= 0.3 is 0 Å². The van der Waals surface area contributed by atoms with E-state index in [1.165, 1.54) is 30.3 Å². The Kier molecular flexibility index (Phi) is 4.83. The van der Waals surface area contributed by atoms with E-state index in [0.717, 1.165) is 12.1 Å². The fraction of sp³-hybridized carbons (Fsp3) is 0.0556. The van der Waals surface area contributed by atoms with Gasteiger partial charge in [-0.3, -0.25) is 4.79 Å². The van der Waals surface area contributed by atoms with Crippen LogP contribution in [0.5, 0.6) is 0 Å². The molecule has 0 saturated carbocycles. The summed E-state index contributed by atoms with van der Waals surface area (Å²) < 4.78 is 39.9. The Morgan fingerprint density at radius 2 is 1.69 bits per heavy atom. The molecule has 0 aliphatic carbocycles. The Morgan fingerprint density at radius 1 is 0.923 bits per heavy atom. The van der Waals surface area contributed by atoms with E-state index in [4.69, 9.17) is 0 Å². The molecule has 0 aliphatic heterocycles. The maximum absolute atomic E-state index is 13.7. The lowest BCUT2D eigenvalue weighted by molar-refractivity contribution is 0.102. The van der Waals surface area contributed by atoms with Gasteiger partial charge in [0.25, 0.3) is 5.91 Å². The van der Waals surface area contributed by atoms with E-state index in [-0.39, 0.29) is 23.0 Å². The van der Waals surface area contributed by atoms with Crippen molar-refractivity contribution in [1.29, 1.82) is 0 Å². The molecule has 8 heteroatoms. The number of anilines is 3. The number of halogens is 3. The molecule has 0 aliphatic rings. The number of nitrogens with one attached hydrogen (secondary N) is 2. The normalized spacial score (nSPS) is 10.5. The Bertz CT molecular complexity index is 978. The zero-order chi connectivity index (χ0) is 18.7. The first kappa shape index (κ1) is 17.4. The number of aromatic nitrogens is 2. The topological polar surface area (TPSA) is 66.9 Å². The van der Waals surface area contributed by atoms with Crippen molar-refractivity contribution in [2.24, 2.45) is 0 Å². The fourth-order valence-corrected chi connectivity index (χ4v) is 2.19. The predicted molar refractivity (Wildman–Crippen MR) is 90.8 cm³/mol. The fourth-order valence-electron chi connectivity index (χ4n) is 2.19. The quantitative estimate of drug-likeness (QED) is 0.734. The van der Waals surface area contributed by atoms with Crippen molar-refractivity contribution in [1.82, 2.24) is 9.97 Å². The minimum Gasteiger partial charge on any atom is -0.324 e. The third-order valence-electron chi connectivity index (χ3n) is 3.38. The van der Waals surface area contributed by atoms with Crippen LogP contribution in [0, 0.1) is 24.4 Å². The van der Waals surface area contributed by atoms with Gasteiger partial charge in [-0.05, 0) is 37.3 Å². The van der Waals surface area contributed by atoms with Crippen LogP contribution in [0.3, 0.4) is 0 Å². The molecule has 0 spiro atoms. The van der Waals surface area contributed by atoms with E-state index < -0.39 is 23.4 Å². The third kappa shape index (κ3) is 3.97. The minimum atomic E-state index is -1.03. The Morgan fingerprint density at radius 3 is 2.42 bits per heavy atom. The van der Waals surface area contributed by atoms with Gasteiger partial charge in [0.1, 0.15) is 11.5 Å². The van der Waals surface area contributed by atoms with Crippen LogP contribution in [-0.2, 0) is 0 Å². The molecule has 2 aromatic carbocycles. The average Bonchev–Trinajstić information content (AvgIpc) is 2.59. The first-order valence-electron chi connectivity index (χ1n) is 7.56. The number of hydrogen-bond acceptors (Lipinski definition) is 4. The van der Waals surface area contributed by atoms with E-state index in [2.05, 4.69) is 20.6 Å². The molecule has 0 saturated heterocycles. The summed E-state index contributed by atoms with van der Waals surface area (Å²) in [6.45, 7) is 1.64. The Balaban J connectivity index is 1.84. The molecule has 1 amide bonds. The molecule has 0 fully saturated rings. The molecular formula is C18H13F3N4O. The van der Waals surface area contributed by atoms with Gasteiger partial charge in [-0.1, -0.05) is 12.1 Å². The second-order valence-corrected chi connectivity index (χ2v) is 5.41. The molecule has 0 bridgehead atoms. The van der Waals surface area contributed by atoms with Crippen molar-refractivity contribution in [2.75, 3.05) is 10.6 Å². The van der Waals surface area contributed by atoms with Gasteiger partial charge in [-0.25, -0.2) is 23.1 Å². The lowest BCUT2D eigenvalue weighted by Gasteiger charge is -2.09. The summed E-state index contributed by atoms with van der Waals surface area (Å²) in [5.41, 5.74) is 0.688. The molecule has 26 heavy (non-hydrogen) atoms. The number of benzene rings is 2. The van der Waals surface area contributed by atoms with Crippen molar-refractivity contribution < 1.29 is 18.0 Å². The molecule has 0 atom stereocenters. The maximum Gasteiger partial charge on any atom is 0.274 e. The van der Waals surface area contributed by atoms with Crippen LogP contribution in [0.1, 0.15) is 16.2 Å². The maximum atomic E-state index is 13.7. The molecule has 5 nitrogen and oxygen atoms in total. The second kappa shape index (κ2) is 7.22. The summed E-state index contributed by atoms with van der Waals surface area (Å²) in [6, 6.07) is 10.4. The summed E-state index contributed by atoms with van der Waals surface area (Å²) in [5.74, 6) is -3.19. The Hall–Kier alpha value is -3.42. The first-order chi connectivity index (χ1) is 12.4. The molecule has 132 valence electrons. The van der Waals surface area contributed by atoms with Crippen LogP contribution in [0.4, 0.5) is 30.5 Å². The van der Waals surface area contributed by atoms with Gasteiger partial charge in [-0.15, -0.1) is 0 Å². The van der Waals surface area contributed by atoms with Crippen molar-refractivity contribution in [3.63, 3.8) is 0 Å². The third-order valence-corrected chi connectivity index (χ3v) is 3.38. The van der Waals surface area contributed by atoms with Gasteiger partial charge in [0.05, 0.1) is 5.69 Å². The van der Waals surface area contributed by atoms with Crippen LogP contribution in [0.15, 0.2) is 48.5 Å². The van der Waals surface area contributed by atoms with Crippen molar-refractivity contribution >= 4 is 23.2 Å². The highest BCUT2D eigenvalue weighted by Gasteiger charge is 2.13. The SMILES string of the molecule is Cc1cc(C(=O)Nc2ccccc2F)nc(Nc2ccc(F)c(F)c2)n1. The summed E-state index contributed by atoms with van der Waals surface area (Å²) in [5, 5.41) is 5.12. The molecule has 3 rings (SSSR count). The average molecular weight is 358 g/mol. The number of nitrogens with zero attached hydrogens (tertiary/aromatic N) is 2.